The van der Waals surface area contributed by atoms with Crippen LogP contribution in [0.5, 0.6) is 0 Å². The summed E-state index contributed by atoms with van der Waals surface area (Å²) < 4.78 is 23.8. The molecule has 148 valence electrons. The smallest absolute Gasteiger partial charge is 0.252 e. The minimum Gasteiger partial charge on any atom is -0.350 e. The maximum Gasteiger partial charge on any atom is 0.252 e. The molecular weight excluding hydrogens is 404 g/mol. The molecule has 0 aliphatic heterocycles. The van der Waals surface area contributed by atoms with Gasteiger partial charge < -0.3 is 10.6 Å². The Hall–Kier alpha value is -1.54. The zero-order chi connectivity index (χ0) is 19.2. The molecule has 2 aromatic rings. The molecule has 2 aromatic carbocycles. The van der Waals surface area contributed by atoms with E-state index in [4.69, 9.17) is 0 Å². The van der Waals surface area contributed by atoms with E-state index in [-0.39, 0.29) is 30.1 Å². The summed E-state index contributed by atoms with van der Waals surface area (Å²) in [5, 5.41) is 6.00. The van der Waals surface area contributed by atoms with Gasteiger partial charge in [0.15, 0.2) is 9.84 Å². The fraction of sp³-hybridized carbons (Fsp3) is 0.316. The number of rotatable bonds is 8. The Morgan fingerprint density at radius 1 is 1.11 bits per heavy atom. The van der Waals surface area contributed by atoms with Gasteiger partial charge in [0.25, 0.3) is 5.91 Å². The van der Waals surface area contributed by atoms with Crippen molar-refractivity contribution in [2.24, 2.45) is 0 Å². The average Bonchev–Trinajstić information content (AvgIpc) is 2.66. The van der Waals surface area contributed by atoms with Crippen LogP contribution in [0.4, 0.5) is 0 Å². The molecule has 0 aliphatic rings. The number of benzene rings is 2. The van der Waals surface area contributed by atoms with Gasteiger partial charge in [-0.05, 0) is 50.4 Å². The Kier molecular flexibility index (Phi) is 9.32. The second kappa shape index (κ2) is 10.7. The van der Waals surface area contributed by atoms with Crippen molar-refractivity contribution in [2.75, 3.05) is 19.3 Å². The van der Waals surface area contributed by atoms with Gasteiger partial charge in [-0.2, -0.15) is 0 Å². The summed E-state index contributed by atoms with van der Waals surface area (Å²) in [5.41, 5.74) is 0.603. The summed E-state index contributed by atoms with van der Waals surface area (Å²) >= 11 is 1.44. The number of likely N-dealkylation sites (N-methyl/N-ethyl adjacent to an activating group) is 1. The lowest BCUT2D eigenvalue weighted by molar-refractivity contribution is 0.0947. The van der Waals surface area contributed by atoms with Crippen LogP contribution in [0.2, 0.25) is 0 Å². The summed E-state index contributed by atoms with van der Waals surface area (Å²) in [7, 11) is -1.36. The lowest BCUT2D eigenvalue weighted by Gasteiger charge is -2.13. The summed E-state index contributed by atoms with van der Waals surface area (Å²) in [6.45, 7) is 4.16. The van der Waals surface area contributed by atoms with Gasteiger partial charge in [-0.1, -0.05) is 30.8 Å². The molecule has 0 saturated carbocycles. The van der Waals surface area contributed by atoms with Gasteiger partial charge in [0.05, 0.1) is 16.2 Å². The summed E-state index contributed by atoms with van der Waals surface area (Å²) in [4.78, 5) is 14.5. The summed E-state index contributed by atoms with van der Waals surface area (Å²) in [6, 6.07) is 14.3. The number of nitrogens with one attached hydrogen (secondary N) is 2. The van der Waals surface area contributed by atoms with Gasteiger partial charge in [0.1, 0.15) is 0 Å². The fourth-order valence-electron chi connectivity index (χ4n) is 2.19. The molecule has 8 heteroatoms. The van der Waals surface area contributed by atoms with Crippen molar-refractivity contribution >= 4 is 39.9 Å². The van der Waals surface area contributed by atoms with E-state index in [1.54, 1.807) is 37.3 Å². The molecule has 0 saturated heterocycles. The summed E-state index contributed by atoms with van der Waals surface area (Å²) in [5.74, 6) is -0.0477. The van der Waals surface area contributed by atoms with Crippen molar-refractivity contribution in [1.29, 1.82) is 0 Å². The van der Waals surface area contributed by atoms with Crippen molar-refractivity contribution in [1.82, 2.24) is 10.6 Å². The van der Waals surface area contributed by atoms with Crippen molar-refractivity contribution in [3.05, 3.63) is 54.1 Å². The van der Waals surface area contributed by atoms with Crippen LogP contribution in [0, 0.1) is 0 Å². The molecule has 2 rings (SSSR count). The Morgan fingerprint density at radius 3 is 2.33 bits per heavy atom. The molecule has 0 fully saturated rings. The molecule has 0 aliphatic carbocycles. The molecule has 1 amide bonds. The van der Waals surface area contributed by atoms with Gasteiger partial charge in [0.2, 0.25) is 0 Å². The second-order valence-corrected chi connectivity index (χ2v) is 9.27. The SMILES string of the molecule is CCS(=O)(=O)c1ccc(Sc2ccccc2C(=O)NCC(C)NC)cc1.Cl. The lowest BCUT2D eigenvalue weighted by atomic mass is 10.2. The third kappa shape index (κ3) is 6.53. The molecule has 0 heterocycles. The fourth-order valence-corrected chi connectivity index (χ4v) is 4.02. The topological polar surface area (TPSA) is 75.3 Å². The van der Waals surface area contributed by atoms with E-state index in [9.17, 15) is 13.2 Å². The zero-order valence-corrected chi connectivity index (χ0v) is 18.0. The van der Waals surface area contributed by atoms with E-state index >= 15 is 0 Å². The van der Waals surface area contributed by atoms with Gasteiger partial charge in [0, 0.05) is 22.4 Å². The predicted octanol–water partition coefficient (Wildman–Crippen LogP) is 3.39. The van der Waals surface area contributed by atoms with Crippen LogP contribution in [-0.2, 0) is 9.84 Å². The number of amides is 1. The number of carbonyl (C=O) groups excluding carboxylic acids is 1. The van der Waals surface area contributed by atoms with Crippen LogP contribution in [0.3, 0.4) is 0 Å². The first kappa shape index (κ1) is 23.5. The zero-order valence-electron chi connectivity index (χ0n) is 15.6. The first-order valence-electron chi connectivity index (χ1n) is 8.42. The molecule has 0 aromatic heterocycles. The van der Waals surface area contributed by atoms with Crippen LogP contribution >= 0.6 is 24.2 Å². The number of carbonyl (C=O) groups is 1. The minimum atomic E-state index is -3.21. The molecule has 1 unspecified atom stereocenters. The minimum absolute atomic E-state index is 0. The van der Waals surface area contributed by atoms with Gasteiger partial charge in [-0.3, -0.25) is 4.79 Å². The van der Waals surface area contributed by atoms with Crippen LogP contribution in [0.1, 0.15) is 24.2 Å². The standard InChI is InChI=1S/C19H24N2O3S2.ClH/c1-4-26(23,24)16-11-9-15(10-12-16)25-18-8-6-5-7-17(18)19(22)21-13-14(2)20-3;/h5-12,14,20H,4,13H2,1-3H3,(H,21,22);1H. The van der Waals surface area contributed by atoms with Gasteiger partial charge in [-0.15, -0.1) is 12.4 Å². The highest BCUT2D eigenvalue weighted by Gasteiger charge is 2.14. The van der Waals surface area contributed by atoms with E-state index in [0.717, 1.165) is 9.79 Å². The van der Waals surface area contributed by atoms with Crippen molar-refractivity contribution in [2.45, 2.75) is 34.6 Å². The Morgan fingerprint density at radius 2 is 1.74 bits per heavy atom. The number of sulfone groups is 1. The number of halogens is 1. The maximum absolute atomic E-state index is 12.5. The first-order chi connectivity index (χ1) is 12.4. The van der Waals surface area contributed by atoms with Gasteiger partial charge >= 0.3 is 0 Å². The molecular formula is C19H25ClN2O3S2. The van der Waals surface area contributed by atoms with Crippen molar-refractivity contribution < 1.29 is 13.2 Å². The lowest BCUT2D eigenvalue weighted by Crippen LogP contribution is -2.37. The highest BCUT2D eigenvalue weighted by atomic mass is 35.5. The molecule has 0 spiro atoms. The monoisotopic (exact) mass is 428 g/mol. The third-order valence-corrected chi connectivity index (χ3v) is 6.82. The highest BCUT2D eigenvalue weighted by molar-refractivity contribution is 7.99. The molecule has 27 heavy (non-hydrogen) atoms. The Balaban J connectivity index is 0.00000364. The van der Waals surface area contributed by atoms with Crippen LogP contribution in [0.15, 0.2) is 63.2 Å². The molecule has 5 nitrogen and oxygen atoms in total. The average molecular weight is 429 g/mol. The molecule has 2 N–H and O–H groups in total. The van der Waals surface area contributed by atoms with Crippen LogP contribution < -0.4 is 10.6 Å². The number of hydrogen-bond acceptors (Lipinski definition) is 5. The first-order valence-corrected chi connectivity index (χ1v) is 10.9. The van der Waals surface area contributed by atoms with Crippen LogP contribution in [-0.4, -0.2) is 39.7 Å². The molecule has 0 radical (unpaired) electrons. The second-order valence-electron chi connectivity index (χ2n) is 5.87. The van der Waals surface area contributed by atoms with Crippen molar-refractivity contribution in [3.8, 4) is 0 Å². The Labute approximate surface area is 171 Å². The van der Waals surface area contributed by atoms with Crippen molar-refractivity contribution in [3.63, 3.8) is 0 Å². The van der Waals surface area contributed by atoms with E-state index in [0.29, 0.717) is 17.0 Å². The summed E-state index contributed by atoms with van der Waals surface area (Å²) in [6.07, 6.45) is 0. The highest BCUT2D eigenvalue weighted by Crippen LogP contribution is 2.31. The quantitative estimate of drug-likeness (QED) is 0.674. The predicted molar refractivity (Wildman–Crippen MR) is 113 cm³/mol. The molecule has 1 atom stereocenters. The maximum atomic E-state index is 12.5. The molecule has 0 bridgehead atoms. The van der Waals surface area contributed by atoms with E-state index in [1.165, 1.54) is 11.8 Å². The van der Waals surface area contributed by atoms with Gasteiger partial charge in [-0.25, -0.2) is 8.42 Å². The van der Waals surface area contributed by atoms with Crippen LogP contribution in [0.25, 0.3) is 0 Å². The van der Waals surface area contributed by atoms with E-state index in [2.05, 4.69) is 10.6 Å². The van der Waals surface area contributed by atoms with E-state index in [1.807, 2.05) is 32.2 Å². The normalized spacial score (nSPS) is 12.1. The number of hydrogen-bond donors (Lipinski definition) is 2. The Bertz CT molecular complexity index is 856. The third-order valence-electron chi connectivity index (χ3n) is 3.98. The van der Waals surface area contributed by atoms with E-state index < -0.39 is 9.84 Å². The largest absolute Gasteiger partial charge is 0.350 e.